The highest BCUT2D eigenvalue weighted by molar-refractivity contribution is 5.83. The molecule has 1 heterocycles. The summed E-state index contributed by atoms with van der Waals surface area (Å²) in [6.45, 7) is 2.13. The largest absolute Gasteiger partial charge is 0.494 e. The van der Waals surface area contributed by atoms with Crippen molar-refractivity contribution in [3.8, 4) is 5.75 Å². The molecule has 19 heavy (non-hydrogen) atoms. The van der Waals surface area contributed by atoms with Crippen LogP contribution < -0.4 is 16.1 Å². The summed E-state index contributed by atoms with van der Waals surface area (Å²) in [4.78, 5) is 16.7. The van der Waals surface area contributed by atoms with Gasteiger partial charge in [0.1, 0.15) is 17.1 Å². The van der Waals surface area contributed by atoms with Crippen molar-refractivity contribution >= 4 is 10.9 Å². The number of nitrogens with zero attached hydrogens (tertiary/aromatic N) is 2. The van der Waals surface area contributed by atoms with E-state index in [1.807, 2.05) is 0 Å². The van der Waals surface area contributed by atoms with E-state index in [0.717, 1.165) is 23.9 Å². The molecule has 0 bridgehead atoms. The number of fused-ring (bicyclic) bond motifs is 1. The first-order chi connectivity index (χ1) is 9.19. The molecule has 5 heteroatoms. The van der Waals surface area contributed by atoms with E-state index < -0.39 is 0 Å². The van der Waals surface area contributed by atoms with E-state index in [-0.39, 0.29) is 5.56 Å². The van der Waals surface area contributed by atoms with Crippen molar-refractivity contribution in [3.63, 3.8) is 0 Å². The third kappa shape index (κ3) is 2.54. The van der Waals surface area contributed by atoms with Crippen molar-refractivity contribution in [2.75, 3.05) is 13.0 Å². The minimum atomic E-state index is -0.226. The Morgan fingerprint density at radius 2 is 2.16 bits per heavy atom. The number of aromatic nitrogens is 2. The highest BCUT2D eigenvalue weighted by Gasteiger charge is 2.11. The van der Waals surface area contributed by atoms with Crippen LogP contribution in [-0.4, -0.2) is 16.8 Å². The molecule has 0 amide bonds. The summed E-state index contributed by atoms with van der Waals surface area (Å²) in [6.07, 6.45) is 3.89. The summed E-state index contributed by atoms with van der Waals surface area (Å²) < 4.78 is 6.40. The molecular weight excluding hydrogens is 242 g/mol. The molecule has 0 aliphatic heterocycles. The molecule has 102 valence electrons. The van der Waals surface area contributed by atoms with Crippen LogP contribution in [0.4, 0.5) is 0 Å². The zero-order chi connectivity index (χ0) is 13.8. The van der Waals surface area contributed by atoms with Crippen LogP contribution in [0.3, 0.4) is 0 Å². The van der Waals surface area contributed by atoms with Crippen molar-refractivity contribution in [1.82, 2.24) is 9.66 Å². The summed E-state index contributed by atoms with van der Waals surface area (Å²) in [5, 5.41) is 0.487. The van der Waals surface area contributed by atoms with E-state index in [9.17, 15) is 4.79 Å². The second-order valence-electron chi connectivity index (χ2n) is 4.52. The molecule has 2 rings (SSSR count). The lowest BCUT2D eigenvalue weighted by Crippen LogP contribution is -2.31. The van der Waals surface area contributed by atoms with E-state index >= 15 is 0 Å². The van der Waals surface area contributed by atoms with Gasteiger partial charge in [-0.3, -0.25) is 4.79 Å². The van der Waals surface area contributed by atoms with Gasteiger partial charge in [-0.2, -0.15) is 0 Å². The molecule has 0 atom stereocenters. The maximum atomic E-state index is 12.2. The number of hydrogen-bond donors (Lipinski definition) is 1. The molecule has 0 saturated heterocycles. The maximum Gasteiger partial charge on any atom is 0.279 e. The molecule has 0 aliphatic rings. The van der Waals surface area contributed by atoms with Crippen molar-refractivity contribution in [2.45, 2.75) is 32.6 Å². The minimum absolute atomic E-state index is 0.226. The number of hydrogen-bond acceptors (Lipinski definition) is 4. The fourth-order valence-corrected chi connectivity index (χ4v) is 2.11. The summed E-state index contributed by atoms with van der Waals surface area (Å²) >= 11 is 0. The summed E-state index contributed by atoms with van der Waals surface area (Å²) in [7, 11) is 1.57. The summed E-state index contributed by atoms with van der Waals surface area (Å²) in [5.74, 6) is 7.03. The van der Waals surface area contributed by atoms with Crippen LogP contribution in [0.15, 0.2) is 23.0 Å². The summed E-state index contributed by atoms with van der Waals surface area (Å²) in [5.41, 5.74) is 0.360. The average Bonchev–Trinajstić information content (AvgIpc) is 2.43. The molecule has 1 aromatic heterocycles. The fraction of sp³-hybridized carbons (Fsp3) is 0.429. The molecule has 0 saturated carbocycles. The standard InChI is InChI=1S/C14H19N3O2/c1-3-4-5-9-12-16-13-10(14(18)17(12)15)7-6-8-11(13)19-2/h6-8H,3-5,9,15H2,1-2H3. The van der Waals surface area contributed by atoms with Gasteiger partial charge in [-0.1, -0.05) is 25.8 Å². The number of para-hydroxylation sites is 1. The Balaban J connectivity index is 2.54. The monoisotopic (exact) mass is 261 g/mol. The molecule has 0 fully saturated rings. The molecule has 2 aromatic rings. The van der Waals surface area contributed by atoms with E-state index in [2.05, 4.69) is 11.9 Å². The Labute approximate surface area is 112 Å². The van der Waals surface area contributed by atoms with Gasteiger partial charge in [0, 0.05) is 6.42 Å². The molecular formula is C14H19N3O2. The van der Waals surface area contributed by atoms with Crippen LogP contribution >= 0.6 is 0 Å². The summed E-state index contributed by atoms with van der Waals surface area (Å²) in [6, 6.07) is 5.28. The first kappa shape index (κ1) is 13.4. The van der Waals surface area contributed by atoms with Crippen LogP contribution in [0.25, 0.3) is 10.9 Å². The molecule has 0 radical (unpaired) electrons. The molecule has 0 unspecified atom stereocenters. The molecule has 0 aliphatic carbocycles. The number of benzene rings is 1. The fourth-order valence-electron chi connectivity index (χ4n) is 2.11. The SMILES string of the molecule is CCCCCc1nc2c(OC)cccc2c(=O)n1N. The van der Waals surface area contributed by atoms with Crippen LogP contribution in [0.2, 0.25) is 0 Å². The van der Waals surface area contributed by atoms with E-state index in [1.54, 1.807) is 25.3 Å². The zero-order valence-corrected chi connectivity index (χ0v) is 11.3. The van der Waals surface area contributed by atoms with Crippen LogP contribution in [0, 0.1) is 0 Å². The first-order valence-corrected chi connectivity index (χ1v) is 6.52. The number of rotatable bonds is 5. The highest BCUT2D eigenvalue weighted by Crippen LogP contribution is 2.21. The normalized spacial score (nSPS) is 10.8. The van der Waals surface area contributed by atoms with Crippen LogP contribution in [-0.2, 0) is 6.42 Å². The second-order valence-corrected chi connectivity index (χ2v) is 4.52. The number of methoxy groups -OCH3 is 1. The topological polar surface area (TPSA) is 70.1 Å². The van der Waals surface area contributed by atoms with Gasteiger partial charge in [-0.25, -0.2) is 9.66 Å². The van der Waals surface area contributed by atoms with Gasteiger partial charge in [-0.15, -0.1) is 0 Å². The van der Waals surface area contributed by atoms with Crippen molar-refractivity contribution in [1.29, 1.82) is 0 Å². The average molecular weight is 261 g/mol. The first-order valence-electron chi connectivity index (χ1n) is 6.52. The number of aryl methyl sites for hydroxylation is 1. The lowest BCUT2D eigenvalue weighted by atomic mass is 10.2. The quantitative estimate of drug-likeness (QED) is 0.658. The predicted octanol–water partition coefficient (Wildman–Crippen LogP) is 1.85. The van der Waals surface area contributed by atoms with Gasteiger partial charge < -0.3 is 10.6 Å². The Morgan fingerprint density at radius 1 is 1.37 bits per heavy atom. The van der Waals surface area contributed by atoms with E-state index in [4.69, 9.17) is 10.6 Å². The Bertz CT molecular complexity index is 634. The highest BCUT2D eigenvalue weighted by atomic mass is 16.5. The van der Waals surface area contributed by atoms with Crippen molar-refractivity contribution in [3.05, 3.63) is 34.4 Å². The third-order valence-electron chi connectivity index (χ3n) is 3.19. The van der Waals surface area contributed by atoms with Crippen molar-refractivity contribution < 1.29 is 4.74 Å². The Morgan fingerprint density at radius 3 is 2.84 bits per heavy atom. The smallest absolute Gasteiger partial charge is 0.279 e. The zero-order valence-electron chi connectivity index (χ0n) is 11.3. The third-order valence-corrected chi connectivity index (χ3v) is 3.19. The minimum Gasteiger partial charge on any atom is -0.494 e. The molecule has 5 nitrogen and oxygen atoms in total. The van der Waals surface area contributed by atoms with Crippen LogP contribution in [0.1, 0.15) is 32.0 Å². The van der Waals surface area contributed by atoms with E-state index in [1.165, 1.54) is 0 Å². The molecule has 1 aromatic carbocycles. The second kappa shape index (κ2) is 5.73. The number of nitrogens with two attached hydrogens (primary N) is 1. The van der Waals surface area contributed by atoms with Gasteiger partial charge in [-0.05, 0) is 18.6 Å². The molecule has 2 N–H and O–H groups in total. The Hall–Kier alpha value is -2.04. The van der Waals surface area contributed by atoms with Gasteiger partial charge in [0.05, 0.1) is 12.5 Å². The van der Waals surface area contributed by atoms with Gasteiger partial charge in [0.25, 0.3) is 5.56 Å². The van der Waals surface area contributed by atoms with Gasteiger partial charge >= 0.3 is 0 Å². The van der Waals surface area contributed by atoms with Crippen molar-refractivity contribution in [2.24, 2.45) is 0 Å². The lowest BCUT2D eigenvalue weighted by Gasteiger charge is -2.10. The Kier molecular flexibility index (Phi) is 4.04. The van der Waals surface area contributed by atoms with Crippen LogP contribution in [0.5, 0.6) is 5.75 Å². The lowest BCUT2D eigenvalue weighted by molar-refractivity contribution is 0.418. The number of nitrogen functional groups attached to an aromatic ring is 1. The number of ether oxygens (including phenoxy) is 1. The molecule has 0 spiro atoms. The number of unbranched alkanes of at least 4 members (excludes halogenated alkanes) is 2. The maximum absolute atomic E-state index is 12.2. The predicted molar refractivity (Wildman–Crippen MR) is 75.9 cm³/mol. The van der Waals surface area contributed by atoms with Gasteiger partial charge in [0.15, 0.2) is 0 Å². The van der Waals surface area contributed by atoms with E-state index in [0.29, 0.717) is 28.9 Å². The van der Waals surface area contributed by atoms with Gasteiger partial charge in [0.2, 0.25) is 0 Å².